The Morgan fingerprint density at radius 2 is 1.77 bits per heavy atom. The fourth-order valence-corrected chi connectivity index (χ4v) is 3.98. The number of nitrogens with zero attached hydrogens (tertiary/aromatic N) is 1. The van der Waals surface area contributed by atoms with Crippen LogP contribution in [0.5, 0.6) is 0 Å². The lowest BCUT2D eigenvalue weighted by Gasteiger charge is -2.41. The van der Waals surface area contributed by atoms with E-state index in [9.17, 15) is 4.79 Å². The molecule has 4 nitrogen and oxygen atoms in total. The first-order valence-corrected chi connectivity index (χ1v) is 10.8. The van der Waals surface area contributed by atoms with E-state index in [1.165, 1.54) is 51.4 Å². The fraction of sp³-hybridized carbons (Fsp3) is 0.773. The molecular formula is C22H42N3O+. The van der Waals surface area contributed by atoms with Crippen LogP contribution in [0.1, 0.15) is 91.9 Å². The van der Waals surface area contributed by atoms with Crippen LogP contribution in [0.2, 0.25) is 0 Å². The van der Waals surface area contributed by atoms with Crippen molar-refractivity contribution in [2.75, 3.05) is 6.54 Å². The smallest absolute Gasteiger partial charge is 0.221 e. The molecule has 0 radical (unpaired) electrons. The summed E-state index contributed by atoms with van der Waals surface area (Å²) in [6.07, 6.45) is 22.4. The van der Waals surface area contributed by atoms with Crippen molar-refractivity contribution in [1.82, 2.24) is 10.6 Å². The molecule has 0 aliphatic carbocycles. The molecule has 0 bridgehead atoms. The van der Waals surface area contributed by atoms with E-state index in [-0.39, 0.29) is 12.1 Å². The molecule has 0 saturated heterocycles. The average molecular weight is 365 g/mol. The summed E-state index contributed by atoms with van der Waals surface area (Å²) in [6, 6.07) is 0. The molecule has 3 atom stereocenters. The molecule has 3 unspecified atom stereocenters. The maximum atomic E-state index is 11.5. The maximum absolute atomic E-state index is 11.5. The van der Waals surface area contributed by atoms with E-state index in [0.717, 1.165) is 23.9 Å². The Bertz CT molecular complexity index is 447. The Labute approximate surface area is 161 Å². The van der Waals surface area contributed by atoms with Gasteiger partial charge in [-0.1, -0.05) is 57.6 Å². The minimum atomic E-state index is 0.0390. The van der Waals surface area contributed by atoms with Gasteiger partial charge in [0.2, 0.25) is 5.91 Å². The number of allylic oxidation sites excluding steroid dienone is 2. The first-order valence-electron chi connectivity index (χ1n) is 10.8. The second kappa shape index (κ2) is 13.0. The number of hydrogen-bond acceptors (Lipinski definition) is 2. The van der Waals surface area contributed by atoms with Crippen LogP contribution in [-0.4, -0.2) is 29.3 Å². The minimum Gasteiger partial charge on any atom is -0.338 e. The molecular weight excluding hydrogens is 322 g/mol. The van der Waals surface area contributed by atoms with Gasteiger partial charge in [-0.25, -0.2) is 0 Å². The highest BCUT2D eigenvalue weighted by atomic mass is 16.1. The summed E-state index contributed by atoms with van der Waals surface area (Å²) in [4.78, 5) is 11.5. The second-order valence-corrected chi connectivity index (χ2v) is 7.64. The first-order chi connectivity index (χ1) is 12.6. The summed E-state index contributed by atoms with van der Waals surface area (Å²) in [7, 11) is 0. The van der Waals surface area contributed by atoms with Crippen LogP contribution in [0, 0.1) is 0 Å². The Morgan fingerprint density at radius 3 is 2.42 bits per heavy atom. The van der Waals surface area contributed by atoms with E-state index in [0.29, 0.717) is 6.17 Å². The van der Waals surface area contributed by atoms with Crippen LogP contribution in [0.4, 0.5) is 0 Å². The molecule has 1 amide bonds. The van der Waals surface area contributed by atoms with Crippen molar-refractivity contribution in [3.63, 3.8) is 0 Å². The number of amides is 1. The number of unbranched alkanes of at least 4 members (excludes halogenated alkanes) is 7. The fourth-order valence-electron chi connectivity index (χ4n) is 3.98. The predicted molar refractivity (Wildman–Crippen MR) is 111 cm³/mol. The van der Waals surface area contributed by atoms with Gasteiger partial charge in [-0.05, 0) is 26.2 Å². The van der Waals surface area contributed by atoms with Gasteiger partial charge >= 0.3 is 0 Å². The maximum Gasteiger partial charge on any atom is 0.221 e. The van der Waals surface area contributed by atoms with Crippen LogP contribution >= 0.6 is 0 Å². The highest BCUT2D eigenvalue weighted by molar-refractivity contribution is 5.72. The van der Waals surface area contributed by atoms with Gasteiger partial charge in [0.1, 0.15) is 6.20 Å². The lowest BCUT2D eigenvalue weighted by atomic mass is 10.1. The predicted octanol–water partition coefficient (Wildman–Crippen LogP) is 5.18. The Kier molecular flexibility index (Phi) is 11.3. The summed E-state index contributed by atoms with van der Waals surface area (Å²) in [5.74, 6) is 0.0390. The third-order valence-corrected chi connectivity index (χ3v) is 5.65. The van der Waals surface area contributed by atoms with Crippen molar-refractivity contribution in [1.29, 1.82) is 0 Å². The van der Waals surface area contributed by atoms with E-state index in [1.54, 1.807) is 6.92 Å². The second-order valence-electron chi connectivity index (χ2n) is 7.64. The summed E-state index contributed by atoms with van der Waals surface area (Å²) in [5.41, 5.74) is 0. The topological polar surface area (TPSA) is 41.1 Å². The van der Waals surface area contributed by atoms with Gasteiger partial charge in [-0.3, -0.25) is 9.28 Å². The Morgan fingerprint density at radius 1 is 1.12 bits per heavy atom. The highest BCUT2D eigenvalue weighted by Gasteiger charge is 2.41. The van der Waals surface area contributed by atoms with Crippen molar-refractivity contribution < 1.29 is 9.28 Å². The summed E-state index contributed by atoms with van der Waals surface area (Å²) in [5, 5.41) is 6.57. The minimum absolute atomic E-state index is 0.0390. The molecule has 0 aromatic rings. The van der Waals surface area contributed by atoms with Gasteiger partial charge in [-0.2, -0.15) is 0 Å². The van der Waals surface area contributed by atoms with Gasteiger partial charge in [0, 0.05) is 20.3 Å². The van der Waals surface area contributed by atoms with Crippen molar-refractivity contribution in [3.8, 4) is 0 Å². The molecule has 0 fully saturated rings. The molecule has 1 rings (SSSR count). The van der Waals surface area contributed by atoms with E-state index < -0.39 is 0 Å². The molecule has 1 aliphatic rings. The van der Waals surface area contributed by atoms with Crippen LogP contribution in [0.3, 0.4) is 0 Å². The van der Waals surface area contributed by atoms with Crippen molar-refractivity contribution in [2.24, 2.45) is 0 Å². The third kappa shape index (κ3) is 7.53. The number of quaternary nitrogens is 1. The zero-order valence-electron chi connectivity index (χ0n) is 17.6. The summed E-state index contributed by atoms with van der Waals surface area (Å²) in [6.45, 7) is 9.13. The average Bonchev–Trinajstić information content (AvgIpc) is 3.03. The Hall–Kier alpha value is -1.29. The first kappa shape index (κ1) is 22.8. The van der Waals surface area contributed by atoms with E-state index in [1.807, 2.05) is 0 Å². The van der Waals surface area contributed by atoms with Gasteiger partial charge in [-0.15, -0.1) is 0 Å². The van der Waals surface area contributed by atoms with E-state index in [4.69, 9.17) is 0 Å². The molecule has 26 heavy (non-hydrogen) atoms. The molecule has 1 aliphatic heterocycles. The SMILES string of the molecule is CCCCCCCCC/C=C/CCC1NC=C[N+]1(CC)C(C)NC(C)=O. The standard InChI is InChI=1S/C22H41N3O/c1-5-7-8-9-10-11-12-13-14-15-16-17-22-23-18-19-25(22,6-2)20(3)24-21(4)26/h14-15,18-20,22-23H,5-13,16-17H2,1-4H3/p+1/b15-14+. The van der Waals surface area contributed by atoms with Gasteiger partial charge in [0.25, 0.3) is 0 Å². The summed E-state index contributed by atoms with van der Waals surface area (Å²) >= 11 is 0. The monoisotopic (exact) mass is 364 g/mol. The van der Waals surface area contributed by atoms with Crippen LogP contribution < -0.4 is 10.6 Å². The third-order valence-electron chi connectivity index (χ3n) is 5.65. The quantitative estimate of drug-likeness (QED) is 0.253. The molecule has 1 heterocycles. The lowest BCUT2D eigenvalue weighted by Crippen LogP contribution is -2.62. The van der Waals surface area contributed by atoms with E-state index >= 15 is 0 Å². The normalized spacial score (nSPS) is 23.3. The number of carbonyl (C=O) groups is 1. The highest BCUT2D eigenvalue weighted by Crippen LogP contribution is 2.25. The number of nitrogens with one attached hydrogen (secondary N) is 2. The van der Waals surface area contributed by atoms with Gasteiger partial charge in [0.15, 0.2) is 12.3 Å². The molecule has 150 valence electrons. The van der Waals surface area contributed by atoms with Gasteiger partial charge < -0.3 is 10.6 Å². The van der Waals surface area contributed by atoms with Crippen LogP contribution in [0.15, 0.2) is 24.6 Å². The number of carbonyl (C=O) groups excluding carboxylic acids is 1. The van der Waals surface area contributed by atoms with Crippen LogP contribution in [-0.2, 0) is 4.79 Å². The molecule has 0 spiro atoms. The molecule has 0 aromatic heterocycles. The Balaban J connectivity index is 2.25. The van der Waals surface area contributed by atoms with E-state index in [2.05, 4.69) is 56.0 Å². The van der Waals surface area contributed by atoms with Crippen LogP contribution in [0.25, 0.3) is 0 Å². The molecule has 0 aromatic carbocycles. The zero-order chi connectivity index (χ0) is 19.3. The lowest BCUT2D eigenvalue weighted by molar-refractivity contribution is -0.923. The van der Waals surface area contributed by atoms with Crippen molar-refractivity contribution in [3.05, 3.63) is 24.6 Å². The molecule has 2 N–H and O–H groups in total. The zero-order valence-corrected chi connectivity index (χ0v) is 17.6. The number of hydrogen-bond donors (Lipinski definition) is 2. The van der Waals surface area contributed by atoms with Crippen molar-refractivity contribution >= 4 is 5.91 Å². The van der Waals surface area contributed by atoms with Crippen molar-refractivity contribution in [2.45, 2.75) is 104 Å². The summed E-state index contributed by atoms with van der Waals surface area (Å²) < 4.78 is 0.783. The largest absolute Gasteiger partial charge is 0.338 e. The van der Waals surface area contributed by atoms with Gasteiger partial charge in [0.05, 0.1) is 12.7 Å². The number of rotatable bonds is 14. The molecule has 4 heteroatoms. The molecule has 0 saturated carbocycles.